The zero-order valence-electron chi connectivity index (χ0n) is 12.7. The molecule has 1 fully saturated rings. The molecule has 4 rings (SSSR count). The largest absolute Gasteiger partial charge is 0.353 e. The van der Waals surface area contributed by atoms with E-state index in [9.17, 15) is 0 Å². The van der Waals surface area contributed by atoms with Crippen LogP contribution >= 0.6 is 0 Å². The Morgan fingerprint density at radius 1 is 0.783 bits per heavy atom. The lowest BCUT2D eigenvalue weighted by molar-refractivity contribution is 0.626. The highest BCUT2D eigenvalue weighted by Gasteiger charge is 2.22. The average molecular weight is 307 g/mol. The van der Waals surface area contributed by atoms with Crippen LogP contribution < -0.4 is 9.80 Å². The lowest BCUT2D eigenvalue weighted by Crippen LogP contribution is -2.47. The highest BCUT2D eigenvalue weighted by atomic mass is 15.6. The lowest BCUT2D eigenvalue weighted by Gasteiger charge is -2.35. The molecule has 7 nitrogen and oxygen atoms in total. The quantitative estimate of drug-likeness (QED) is 0.728. The molecule has 0 N–H and O–H groups in total. The van der Waals surface area contributed by atoms with Crippen molar-refractivity contribution in [3.05, 3.63) is 54.7 Å². The summed E-state index contributed by atoms with van der Waals surface area (Å²) in [6, 6.07) is 16.0. The van der Waals surface area contributed by atoms with Crippen molar-refractivity contribution >= 4 is 11.8 Å². The first-order valence-electron chi connectivity index (χ1n) is 7.66. The molecule has 0 bridgehead atoms. The third-order valence-electron chi connectivity index (χ3n) is 3.99. The van der Waals surface area contributed by atoms with Gasteiger partial charge in [-0.2, -0.15) is 4.68 Å². The van der Waals surface area contributed by atoms with E-state index < -0.39 is 0 Å². The number of benzene rings is 1. The van der Waals surface area contributed by atoms with Crippen LogP contribution in [0.25, 0.3) is 5.69 Å². The Balaban J connectivity index is 1.51. The maximum Gasteiger partial charge on any atom is 0.250 e. The second-order valence-corrected chi connectivity index (χ2v) is 5.39. The van der Waals surface area contributed by atoms with Crippen molar-refractivity contribution in [2.24, 2.45) is 0 Å². The van der Waals surface area contributed by atoms with Crippen LogP contribution in [-0.4, -0.2) is 51.4 Å². The van der Waals surface area contributed by atoms with E-state index in [-0.39, 0.29) is 0 Å². The highest BCUT2D eigenvalue weighted by molar-refractivity contribution is 5.44. The highest BCUT2D eigenvalue weighted by Crippen LogP contribution is 2.19. The minimum atomic E-state index is 0.789. The predicted octanol–water partition coefficient (Wildman–Crippen LogP) is 1.38. The molecule has 1 aromatic carbocycles. The molecule has 3 heterocycles. The fraction of sp³-hybridized carbons (Fsp3) is 0.250. The van der Waals surface area contributed by atoms with Crippen LogP contribution in [0.4, 0.5) is 11.8 Å². The fourth-order valence-corrected chi connectivity index (χ4v) is 2.79. The molecule has 7 heteroatoms. The Labute approximate surface area is 134 Å². The Morgan fingerprint density at radius 2 is 1.52 bits per heavy atom. The summed E-state index contributed by atoms with van der Waals surface area (Å²) in [4.78, 5) is 8.92. The van der Waals surface area contributed by atoms with Gasteiger partial charge in [0, 0.05) is 32.4 Å². The average Bonchev–Trinajstić information content (AvgIpc) is 3.13. The second kappa shape index (κ2) is 6.04. The van der Waals surface area contributed by atoms with Crippen molar-refractivity contribution in [3.8, 4) is 5.69 Å². The van der Waals surface area contributed by atoms with E-state index >= 15 is 0 Å². The molecule has 1 aliphatic heterocycles. The molecule has 0 spiro atoms. The van der Waals surface area contributed by atoms with Crippen molar-refractivity contribution in [2.75, 3.05) is 36.0 Å². The standard InChI is InChI=1S/C16H17N7/c1-2-6-14(7-3-1)23-16(18-19-20-23)22-12-10-21(11-13-22)15-8-4-5-9-17-15/h1-9H,10-13H2. The van der Waals surface area contributed by atoms with Crippen LogP contribution in [-0.2, 0) is 0 Å². The number of piperazine rings is 1. The number of tetrazole rings is 1. The van der Waals surface area contributed by atoms with E-state index in [4.69, 9.17) is 0 Å². The van der Waals surface area contributed by atoms with Crippen molar-refractivity contribution in [3.63, 3.8) is 0 Å². The van der Waals surface area contributed by atoms with Gasteiger partial charge < -0.3 is 9.80 Å². The van der Waals surface area contributed by atoms with Crippen molar-refractivity contribution < 1.29 is 0 Å². The first-order chi connectivity index (χ1) is 11.4. The Kier molecular flexibility index (Phi) is 3.59. The number of pyridine rings is 1. The molecule has 2 aromatic heterocycles. The van der Waals surface area contributed by atoms with Gasteiger partial charge in [0.15, 0.2) is 0 Å². The summed E-state index contributed by atoms with van der Waals surface area (Å²) in [5.41, 5.74) is 0.972. The van der Waals surface area contributed by atoms with Gasteiger partial charge in [0.05, 0.1) is 5.69 Å². The van der Waals surface area contributed by atoms with Gasteiger partial charge in [-0.3, -0.25) is 0 Å². The van der Waals surface area contributed by atoms with E-state index in [0.717, 1.165) is 43.6 Å². The Bertz CT molecular complexity index is 748. The van der Waals surface area contributed by atoms with E-state index in [2.05, 4.69) is 30.3 Å². The summed E-state index contributed by atoms with van der Waals surface area (Å²) in [5.74, 6) is 1.81. The third kappa shape index (κ3) is 2.73. The summed E-state index contributed by atoms with van der Waals surface area (Å²) in [7, 11) is 0. The van der Waals surface area contributed by atoms with Gasteiger partial charge in [-0.05, 0) is 34.7 Å². The summed E-state index contributed by atoms with van der Waals surface area (Å²) >= 11 is 0. The van der Waals surface area contributed by atoms with Crippen LogP contribution in [0, 0.1) is 0 Å². The van der Waals surface area contributed by atoms with E-state index in [1.807, 2.05) is 54.7 Å². The summed E-state index contributed by atoms with van der Waals surface area (Å²) < 4.78 is 1.79. The fourth-order valence-electron chi connectivity index (χ4n) is 2.79. The molecule has 0 amide bonds. The molecule has 1 saturated heterocycles. The van der Waals surface area contributed by atoms with Gasteiger partial charge in [-0.15, -0.1) is 0 Å². The van der Waals surface area contributed by atoms with Crippen LogP contribution in [0.2, 0.25) is 0 Å². The first-order valence-corrected chi connectivity index (χ1v) is 7.66. The summed E-state index contributed by atoms with van der Waals surface area (Å²) in [6.07, 6.45) is 1.83. The van der Waals surface area contributed by atoms with Crippen LogP contribution in [0.1, 0.15) is 0 Å². The van der Waals surface area contributed by atoms with Crippen LogP contribution in [0.5, 0.6) is 0 Å². The number of hydrogen-bond donors (Lipinski definition) is 0. The normalized spacial score (nSPS) is 15.0. The Hall–Kier alpha value is -2.96. The number of anilines is 2. The number of para-hydroxylation sites is 1. The molecule has 3 aromatic rings. The second-order valence-electron chi connectivity index (χ2n) is 5.39. The van der Waals surface area contributed by atoms with E-state index in [0.29, 0.717) is 0 Å². The number of rotatable bonds is 3. The summed E-state index contributed by atoms with van der Waals surface area (Å²) in [6.45, 7) is 3.53. The molecule has 0 aliphatic carbocycles. The molecule has 1 aliphatic rings. The molecular weight excluding hydrogens is 290 g/mol. The molecular formula is C16H17N7. The Morgan fingerprint density at radius 3 is 2.26 bits per heavy atom. The number of aromatic nitrogens is 5. The third-order valence-corrected chi connectivity index (χ3v) is 3.99. The molecule has 23 heavy (non-hydrogen) atoms. The maximum atomic E-state index is 4.42. The maximum absolute atomic E-state index is 4.42. The number of nitrogens with zero attached hydrogens (tertiary/aromatic N) is 7. The minimum absolute atomic E-state index is 0.789. The first kappa shape index (κ1) is 13.7. The SMILES string of the molecule is c1ccc(-n2nnnc2N2CCN(c3ccccn3)CC2)cc1. The van der Waals surface area contributed by atoms with Gasteiger partial charge in [-0.25, -0.2) is 4.98 Å². The van der Waals surface area contributed by atoms with Crippen LogP contribution in [0.3, 0.4) is 0 Å². The van der Waals surface area contributed by atoms with Gasteiger partial charge in [-0.1, -0.05) is 29.4 Å². The zero-order chi connectivity index (χ0) is 15.5. The van der Waals surface area contributed by atoms with Crippen LogP contribution in [0.15, 0.2) is 54.7 Å². The van der Waals surface area contributed by atoms with Gasteiger partial charge in [0.2, 0.25) is 5.95 Å². The zero-order valence-corrected chi connectivity index (χ0v) is 12.7. The topological polar surface area (TPSA) is 63.0 Å². The lowest BCUT2D eigenvalue weighted by atomic mass is 10.3. The van der Waals surface area contributed by atoms with Gasteiger partial charge >= 0.3 is 0 Å². The molecule has 0 radical (unpaired) electrons. The molecule has 116 valence electrons. The van der Waals surface area contributed by atoms with Gasteiger partial charge in [0.25, 0.3) is 0 Å². The van der Waals surface area contributed by atoms with Crippen molar-refractivity contribution in [1.82, 2.24) is 25.2 Å². The monoisotopic (exact) mass is 307 g/mol. The molecule has 0 unspecified atom stereocenters. The predicted molar refractivity (Wildman–Crippen MR) is 87.8 cm³/mol. The van der Waals surface area contributed by atoms with E-state index in [1.54, 1.807) is 4.68 Å². The smallest absolute Gasteiger partial charge is 0.250 e. The van der Waals surface area contributed by atoms with Crippen molar-refractivity contribution in [2.45, 2.75) is 0 Å². The number of hydrogen-bond acceptors (Lipinski definition) is 6. The van der Waals surface area contributed by atoms with E-state index in [1.165, 1.54) is 0 Å². The summed E-state index contributed by atoms with van der Waals surface area (Å²) in [5, 5.41) is 12.2. The van der Waals surface area contributed by atoms with Crippen molar-refractivity contribution in [1.29, 1.82) is 0 Å². The molecule has 0 saturated carbocycles. The minimum Gasteiger partial charge on any atom is -0.353 e. The van der Waals surface area contributed by atoms with Gasteiger partial charge in [0.1, 0.15) is 5.82 Å². The molecule has 0 atom stereocenters.